The molecule has 7 nitrogen and oxygen atoms in total. The second kappa shape index (κ2) is 5.09. The molecule has 0 amide bonds. The Morgan fingerprint density at radius 3 is 2.22 bits per heavy atom. The number of allylic oxidation sites excluding steroid dienone is 1. The summed E-state index contributed by atoms with van der Waals surface area (Å²) in [4.78, 5) is 31.5. The van der Waals surface area contributed by atoms with Crippen molar-refractivity contribution in [2.24, 2.45) is 0 Å². The van der Waals surface area contributed by atoms with Crippen LogP contribution >= 0.6 is 0 Å². The Kier molecular flexibility index (Phi) is 3.78. The molecule has 0 aromatic heterocycles. The molecule has 2 N–H and O–H groups in total. The average molecular weight is 251 g/mol. The Balaban J connectivity index is 3.32. The third-order valence-electron chi connectivity index (χ3n) is 2.17. The van der Waals surface area contributed by atoms with E-state index in [0.717, 1.165) is 18.2 Å². The van der Waals surface area contributed by atoms with E-state index in [9.17, 15) is 19.7 Å². The number of aromatic carboxylic acids is 2. The van der Waals surface area contributed by atoms with Gasteiger partial charge in [0.25, 0.3) is 0 Å². The van der Waals surface area contributed by atoms with E-state index >= 15 is 0 Å². The molecule has 0 spiro atoms. The van der Waals surface area contributed by atoms with Gasteiger partial charge >= 0.3 is 11.9 Å². The van der Waals surface area contributed by atoms with Crippen molar-refractivity contribution in [3.05, 3.63) is 50.7 Å². The second-order valence-electron chi connectivity index (χ2n) is 3.46. The topological polar surface area (TPSA) is 118 Å². The molecule has 1 aromatic rings. The number of hydrogen-bond acceptors (Lipinski definition) is 4. The molecule has 0 saturated heterocycles. The highest BCUT2D eigenvalue weighted by atomic mass is 16.6. The third-order valence-corrected chi connectivity index (χ3v) is 2.17. The molecule has 0 atom stereocenters. The molecule has 0 aliphatic heterocycles. The fraction of sp³-hybridized carbons (Fsp3) is 0.0909. The molecule has 18 heavy (non-hydrogen) atoms. The summed E-state index contributed by atoms with van der Waals surface area (Å²) in [6.45, 7) is 1.26. The van der Waals surface area contributed by atoms with E-state index < -0.39 is 22.4 Å². The van der Waals surface area contributed by atoms with Gasteiger partial charge in [-0.2, -0.15) is 0 Å². The van der Waals surface area contributed by atoms with Gasteiger partial charge in [-0.25, -0.2) is 9.59 Å². The van der Waals surface area contributed by atoms with Crippen molar-refractivity contribution in [1.82, 2.24) is 0 Å². The number of carboxylic acid groups (broad SMARTS) is 2. The van der Waals surface area contributed by atoms with Gasteiger partial charge in [0.2, 0.25) is 5.70 Å². The van der Waals surface area contributed by atoms with Crippen LogP contribution in [0.15, 0.2) is 23.9 Å². The van der Waals surface area contributed by atoms with Crippen LogP contribution in [0.2, 0.25) is 0 Å². The van der Waals surface area contributed by atoms with Crippen LogP contribution in [0, 0.1) is 10.1 Å². The molecular weight excluding hydrogens is 242 g/mol. The van der Waals surface area contributed by atoms with Crippen molar-refractivity contribution in [2.75, 3.05) is 0 Å². The molecule has 94 valence electrons. The van der Waals surface area contributed by atoms with Gasteiger partial charge in [-0.05, 0) is 17.7 Å². The normalized spacial score (nSPS) is 11.1. The minimum absolute atomic E-state index is 0.172. The van der Waals surface area contributed by atoms with Crippen molar-refractivity contribution >= 4 is 18.0 Å². The lowest BCUT2D eigenvalue weighted by Crippen LogP contribution is -2.08. The summed E-state index contributed by atoms with van der Waals surface area (Å²) < 4.78 is 0. The predicted octanol–water partition coefficient (Wildman–Crippen LogP) is 1.72. The molecule has 0 unspecified atom stereocenters. The molecule has 1 rings (SSSR count). The standard InChI is InChI=1S/C11H9NO6/c1-6(12(17)18)4-7-2-3-8(10(13)14)9(5-7)11(15)16/h2-5H,1H3,(H,13,14)(H,15,16). The smallest absolute Gasteiger partial charge is 0.336 e. The van der Waals surface area contributed by atoms with Crippen molar-refractivity contribution < 1.29 is 24.7 Å². The minimum Gasteiger partial charge on any atom is -0.478 e. The lowest BCUT2D eigenvalue weighted by molar-refractivity contribution is -0.422. The van der Waals surface area contributed by atoms with Crippen LogP contribution < -0.4 is 0 Å². The van der Waals surface area contributed by atoms with Crippen LogP contribution in [0.1, 0.15) is 33.2 Å². The predicted molar refractivity (Wildman–Crippen MR) is 61.0 cm³/mol. The van der Waals surface area contributed by atoms with E-state index in [4.69, 9.17) is 10.2 Å². The van der Waals surface area contributed by atoms with Gasteiger partial charge in [0.05, 0.1) is 16.1 Å². The Morgan fingerprint density at radius 2 is 1.78 bits per heavy atom. The highest BCUT2D eigenvalue weighted by Gasteiger charge is 2.16. The lowest BCUT2D eigenvalue weighted by Gasteiger charge is -2.02. The first-order chi connectivity index (χ1) is 8.32. The summed E-state index contributed by atoms with van der Waals surface area (Å²) >= 11 is 0. The molecule has 7 heteroatoms. The summed E-state index contributed by atoms with van der Waals surface area (Å²) in [5.41, 5.74) is -0.688. The number of carboxylic acids is 2. The van der Waals surface area contributed by atoms with Gasteiger partial charge in [0.1, 0.15) is 0 Å². The van der Waals surface area contributed by atoms with Gasteiger partial charge in [-0.15, -0.1) is 0 Å². The number of benzene rings is 1. The molecule has 0 radical (unpaired) electrons. The first-order valence-electron chi connectivity index (χ1n) is 4.76. The quantitative estimate of drug-likeness (QED) is 0.621. The van der Waals surface area contributed by atoms with Crippen LogP contribution in [-0.2, 0) is 0 Å². The molecule has 0 heterocycles. The van der Waals surface area contributed by atoms with Crippen LogP contribution in [0.25, 0.3) is 6.08 Å². The molecule has 0 aliphatic rings. The number of nitrogens with zero attached hydrogens (tertiary/aromatic N) is 1. The molecule has 0 saturated carbocycles. The van der Waals surface area contributed by atoms with Crippen molar-refractivity contribution in [1.29, 1.82) is 0 Å². The molecule has 0 fully saturated rings. The summed E-state index contributed by atoms with van der Waals surface area (Å²) in [6.07, 6.45) is 1.16. The zero-order valence-corrected chi connectivity index (χ0v) is 9.28. The van der Waals surface area contributed by atoms with Gasteiger partial charge < -0.3 is 10.2 Å². The first kappa shape index (κ1) is 13.4. The van der Waals surface area contributed by atoms with E-state index in [-0.39, 0.29) is 16.8 Å². The lowest BCUT2D eigenvalue weighted by atomic mass is 10.0. The Bertz CT molecular complexity index is 561. The average Bonchev–Trinajstić information content (AvgIpc) is 2.28. The third kappa shape index (κ3) is 2.91. The van der Waals surface area contributed by atoms with Crippen molar-refractivity contribution in [3.63, 3.8) is 0 Å². The zero-order valence-electron chi connectivity index (χ0n) is 9.28. The summed E-state index contributed by atoms with van der Waals surface area (Å²) in [5.74, 6) is -2.77. The fourth-order valence-electron chi connectivity index (χ4n) is 1.31. The van der Waals surface area contributed by atoms with Crippen LogP contribution in [0.3, 0.4) is 0 Å². The number of carbonyl (C=O) groups is 2. The highest BCUT2D eigenvalue weighted by Crippen LogP contribution is 2.15. The Labute approximate surface area is 101 Å². The number of hydrogen-bond donors (Lipinski definition) is 2. The maximum Gasteiger partial charge on any atom is 0.336 e. The van der Waals surface area contributed by atoms with Gasteiger partial charge in [0, 0.05) is 13.0 Å². The molecular formula is C11H9NO6. The van der Waals surface area contributed by atoms with Crippen LogP contribution in [0.4, 0.5) is 0 Å². The number of rotatable bonds is 4. The SMILES string of the molecule is CC(=Cc1ccc(C(=O)O)c(C(=O)O)c1)[N+](=O)[O-]. The monoisotopic (exact) mass is 251 g/mol. The van der Waals surface area contributed by atoms with Crippen LogP contribution in [0.5, 0.6) is 0 Å². The van der Waals surface area contributed by atoms with Gasteiger partial charge in [-0.3, -0.25) is 10.1 Å². The summed E-state index contributed by atoms with van der Waals surface area (Å²) in [5, 5.41) is 28.1. The van der Waals surface area contributed by atoms with Crippen molar-refractivity contribution in [2.45, 2.75) is 6.92 Å². The maximum absolute atomic E-state index is 10.9. The van der Waals surface area contributed by atoms with E-state index in [0.29, 0.717) is 0 Å². The van der Waals surface area contributed by atoms with Crippen molar-refractivity contribution in [3.8, 4) is 0 Å². The van der Waals surface area contributed by atoms with Gasteiger partial charge in [0.15, 0.2) is 0 Å². The van der Waals surface area contributed by atoms with E-state index in [1.165, 1.54) is 13.0 Å². The summed E-state index contributed by atoms with van der Waals surface area (Å²) in [6, 6.07) is 3.49. The van der Waals surface area contributed by atoms with Gasteiger partial charge in [-0.1, -0.05) is 6.07 Å². The molecule has 1 aromatic carbocycles. The zero-order chi connectivity index (χ0) is 13.9. The Hall–Kier alpha value is -2.70. The summed E-state index contributed by atoms with van der Waals surface area (Å²) in [7, 11) is 0. The molecule has 0 aliphatic carbocycles. The van der Waals surface area contributed by atoms with E-state index in [1.54, 1.807) is 0 Å². The maximum atomic E-state index is 10.9. The minimum atomic E-state index is -1.40. The molecule has 0 bridgehead atoms. The number of nitro groups is 1. The van der Waals surface area contributed by atoms with E-state index in [2.05, 4.69) is 0 Å². The van der Waals surface area contributed by atoms with Crippen LogP contribution in [-0.4, -0.2) is 27.1 Å². The highest BCUT2D eigenvalue weighted by molar-refractivity contribution is 6.02. The fourth-order valence-corrected chi connectivity index (χ4v) is 1.31. The first-order valence-corrected chi connectivity index (χ1v) is 4.76. The van der Waals surface area contributed by atoms with E-state index in [1.807, 2.05) is 0 Å². The largest absolute Gasteiger partial charge is 0.478 e. The second-order valence-corrected chi connectivity index (χ2v) is 3.46. The Morgan fingerprint density at radius 1 is 1.22 bits per heavy atom.